The predicted octanol–water partition coefficient (Wildman–Crippen LogP) is 2.24. The van der Waals surface area contributed by atoms with E-state index in [1.54, 1.807) is 0 Å². The normalized spacial score (nSPS) is 16.9. The molecular weight excluding hydrogens is 202 g/mol. The van der Waals surface area contributed by atoms with E-state index in [1.807, 2.05) is 30.3 Å². The molecule has 0 spiro atoms. The summed E-state index contributed by atoms with van der Waals surface area (Å²) in [6.07, 6.45) is 3.93. The van der Waals surface area contributed by atoms with Gasteiger partial charge in [0.25, 0.3) is 0 Å². The van der Waals surface area contributed by atoms with E-state index in [4.69, 9.17) is 5.11 Å². The van der Waals surface area contributed by atoms with Gasteiger partial charge in [-0.2, -0.15) is 0 Å². The molecule has 3 nitrogen and oxygen atoms in total. The SMILES string of the molecule is O=C(O)C1=CN=C2C(=Cc3ccccc32)C1. The molecule has 0 bridgehead atoms. The molecule has 0 radical (unpaired) electrons. The monoisotopic (exact) mass is 211 g/mol. The van der Waals surface area contributed by atoms with Crippen molar-refractivity contribution >= 4 is 17.8 Å². The molecule has 1 aliphatic heterocycles. The van der Waals surface area contributed by atoms with Gasteiger partial charge >= 0.3 is 5.97 Å². The van der Waals surface area contributed by atoms with Crippen molar-refractivity contribution in [1.29, 1.82) is 0 Å². The van der Waals surface area contributed by atoms with E-state index in [2.05, 4.69) is 4.99 Å². The van der Waals surface area contributed by atoms with Crippen molar-refractivity contribution < 1.29 is 9.90 Å². The lowest BCUT2D eigenvalue weighted by Gasteiger charge is -2.10. The number of hydrogen-bond acceptors (Lipinski definition) is 2. The van der Waals surface area contributed by atoms with E-state index < -0.39 is 5.97 Å². The summed E-state index contributed by atoms with van der Waals surface area (Å²) >= 11 is 0. The molecule has 1 aromatic carbocycles. The molecule has 1 aliphatic carbocycles. The zero-order chi connectivity index (χ0) is 11.1. The minimum Gasteiger partial charge on any atom is -0.478 e. The van der Waals surface area contributed by atoms with E-state index in [9.17, 15) is 4.79 Å². The Bertz CT molecular complexity index is 579. The van der Waals surface area contributed by atoms with E-state index in [0.717, 1.165) is 22.4 Å². The van der Waals surface area contributed by atoms with E-state index in [0.29, 0.717) is 12.0 Å². The summed E-state index contributed by atoms with van der Waals surface area (Å²) in [4.78, 5) is 15.1. The Morgan fingerprint density at radius 2 is 2.12 bits per heavy atom. The van der Waals surface area contributed by atoms with Crippen LogP contribution in [0.5, 0.6) is 0 Å². The highest BCUT2D eigenvalue weighted by Crippen LogP contribution is 2.32. The molecule has 1 N–H and O–H groups in total. The average molecular weight is 211 g/mol. The number of rotatable bonds is 1. The highest BCUT2D eigenvalue weighted by Gasteiger charge is 2.24. The molecule has 3 heteroatoms. The number of benzene rings is 1. The van der Waals surface area contributed by atoms with Crippen LogP contribution in [0, 0.1) is 0 Å². The fraction of sp³-hybridized carbons (Fsp3) is 0.0769. The average Bonchev–Trinajstić information content (AvgIpc) is 2.66. The summed E-state index contributed by atoms with van der Waals surface area (Å²) in [5.41, 5.74) is 4.49. The summed E-state index contributed by atoms with van der Waals surface area (Å²) in [7, 11) is 0. The van der Waals surface area contributed by atoms with Gasteiger partial charge in [-0.3, -0.25) is 4.99 Å². The molecule has 78 valence electrons. The number of aliphatic imine (C=N–C) groups is 1. The van der Waals surface area contributed by atoms with Crippen molar-refractivity contribution in [2.24, 2.45) is 4.99 Å². The second kappa shape index (κ2) is 3.17. The lowest BCUT2D eigenvalue weighted by atomic mass is 9.99. The standard InChI is InChI=1S/C13H9NO2/c15-13(16)10-6-9-5-8-3-1-2-4-11(8)12(9)14-7-10/h1-5,7H,6H2,(H,15,16). The van der Waals surface area contributed by atoms with Crippen molar-refractivity contribution in [2.75, 3.05) is 0 Å². The van der Waals surface area contributed by atoms with Crippen molar-refractivity contribution in [2.45, 2.75) is 6.42 Å². The fourth-order valence-electron chi connectivity index (χ4n) is 2.08. The third kappa shape index (κ3) is 1.21. The molecule has 0 fully saturated rings. The van der Waals surface area contributed by atoms with Crippen LogP contribution in [0.1, 0.15) is 17.5 Å². The molecule has 1 aromatic rings. The van der Waals surface area contributed by atoms with Crippen LogP contribution < -0.4 is 0 Å². The topological polar surface area (TPSA) is 49.7 Å². The van der Waals surface area contributed by atoms with Crippen LogP contribution in [0.2, 0.25) is 0 Å². The van der Waals surface area contributed by atoms with Crippen LogP contribution in [0.3, 0.4) is 0 Å². The predicted molar refractivity (Wildman–Crippen MR) is 61.3 cm³/mol. The van der Waals surface area contributed by atoms with Gasteiger partial charge in [-0.05, 0) is 17.2 Å². The Kier molecular flexibility index (Phi) is 1.80. The van der Waals surface area contributed by atoms with Crippen molar-refractivity contribution in [3.8, 4) is 0 Å². The first kappa shape index (κ1) is 9.09. The summed E-state index contributed by atoms with van der Waals surface area (Å²) < 4.78 is 0. The Balaban J connectivity index is 2.10. The lowest BCUT2D eigenvalue weighted by Crippen LogP contribution is -2.10. The second-order valence-corrected chi connectivity index (χ2v) is 3.87. The molecule has 0 unspecified atom stereocenters. The van der Waals surface area contributed by atoms with Gasteiger partial charge in [-0.25, -0.2) is 4.79 Å². The smallest absolute Gasteiger partial charge is 0.333 e. The first-order chi connectivity index (χ1) is 7.75. The van der Waals surface area contributed by atoms with Gasteiger partial charge in [0.2, 0.25) is 0 Å². The third-order valence-corrected chi connectivity index (χ3v) is 2.85. The first-order valence-corrected chi connectivity index (χ1v) is 5.06. The van der Waals surface area contributed by atoms with Crippen molar-refractivity contribution in [1.82, 2.24) is 0 Å². The van der Waals surface area contributed by atoms with Gasteiger partial charge in [0.15, 0.2) is 0 Å². The summed E-state index contributed by atoms with van der Waals surface area (Å²) in [6, 6.07) is 7.97. The molecule has 1 heterocycles. The van der Waals surface area contributed by atoms with Gasteiger partial charge in [-0.1, -0.05) is 24.3 Å². The number of aliphatic carboxylic acids is 1. The maximum Gasteiger partial charge on any atom is 0.333 e. The minimum atomic E-state index is -0.889. The van der Waals surface area contributed by atoms with Gasteiger partial charge in [0.1, 0.15) is 0 Å². The van der Waals surface area contributed by atoms with Gasteiger partial charge in [-0.15, -0.1) is 0 Å². The number of carboxylic acid groups (broad SMARTS) is 1. The molecule has 16 heavy (non-hydrogen) atoms. The maximum absolute atomic E-state index is 10.9. The zero-order valence-electron chi connectivity index (χ0n) is 8.47. The minimum absolute atomic E-state index is 0.350. The number of fused-ring (bicyclic) bond motifs is 3. The Morgan fingerprint density at radius 3 is 2.94 bits per heavy atom. The highest BCUT2D eigenvalue weighted by atomic mass is 16.4. The summed E-state index contributed by atoms with van der Waals surface area (Å²) in [6.45, 7) is 0. The van der Waals surface area contributed by atoms with Crippen molar-refractivity contribution in [3.63, 3.8) is 0 Å². The maximum atomic E-state index is 10.9. The van der Waals surface area contributed by atoms with Crippen LogP contribution >= 0.6 is 0 Å². The number of carboxylic acids is 1. The summed E-state index contributed by atoms with van der Waals surface area (Å²) in [5.74, 6) is -0.889. The Labute approximate surface area is 92.4 Å². The van der Waals surface area contributed by atoms with Gasteiger partial charge < -0.3 is 5.11 Å². The number of hydrogen-bond donors (Lipinski definition) is 1. The largest absolute Gasteiger partial charge is 0.478 e. The van der Waals surface area contributed by atoms with E-state index >= 15 is 0 Å². The van der Waals surface area contributed by atoms with Crippen LogP contribution in [0.25, 0.3) is 6.08 Å². The first-order valence-electron chi connectivity index (χ1n) is 5.06. The fourth-order valence-corrected chi connectivity index (χ4v) is 2.08. The highest BCUT2D eigenvalue weighted by molar-refractivity contribution is 6.22. The molecular formula is C13H9NO2. The molecule has 2 aliphatic rings. The van der Waals surface area contributed by atoms with Crippen LogP contribution in [0.15, 0.2) is 46.6 Å². The van der Waals surface area contributed by atoms with E-state index in [-0.39, 0.29) is 0 Å². The van der Waals surface area contributed by atoms with E-state index in [1.165, 1.54) is 6.20 Å². The van der Waals surface area contributed by atoms with Gasteiger partial charge in [0, 0.05) is 18.2 Å². The quantitative estimate of drug-likeness (QED) is 0.774. The molecule has 3 rings (SSSR count). The molecule has 0 saturated heterocycles. The Morgan fingerprint density at radius 1 is 1.31 bits per heavy atom. The van der Waals surface area contributed by atoms with Crippen LogP contribution in [0.4, 0.5) is 0 Å². The molecule has 0 aromatic heterocycles. The number of carbonyl (C=O) groups is 1. The molecule has 0 amide bonds. The molecule has 0 atom stereocenters. The molecule has 0 saturated carbocycles. The number of nitrogens with zero attached hydrogens (tertiary/aromatic N) is 1. The zero-order valence-corrected chi connectivity index (χ0v) is 8.47. The van der Waals surface area contributed by atoms with Crippen LogP contribution in [-0.2, 0) is 4.79 Å². The second-order valence-electron chi connectivity index (χ2n) is 3.87. The third-order valence-electron chi connectivity index (χ3n) is 2.85. The van der Waals surface area contributed by atoms with Crippen molar-refractivity contribution in [3.05, 3.63) is 52.7 Å². The lowest BCUT2D eigenvalue weighted by molar-refractivity contribution is -0.132. The summed E-state index contributed by atoms with van der Waals surface area (Å²) in [5, 5.41) is 8.91. The Hall–Kier alpha value is -2.16. The van der Waals surface area contributed by atoms with Gasteiger partial charge in [0.05, 0.1) is 11.3 Å². The van der Waals surface area contributed by atoms with Crippen LogP contribution in [-0.4, -0.2) is 16.8 Å². The number of allylic oxidation sites excluding steroid dienone is 1.